The maximum Gasteiger partial charge on any atom is 0.340 e. The molecule has 2 heterocycles. The van der Waals surface area contributed by atoms with Gasteiger partial charge in [0.15, 0.2) is 5.79 Å². The lowest BCUT2D eigenvalue weighted by Gasteiger charge is -2.26. The summed E-state index contributed by atoms with van der Waals surface area (Å²) in [7, 11) is 1.47. The molecule has 22 heavy (non-hydrogen) atoms. The number of ether oxygens (including phenoxy) is 5. The number of rotatable bonds is 4. The van der Waals surface area contributed by atoms with Crippen molar-refractivity contribution in [3.63, 3.8) is 0 Å². The first-order chi connectivity index (χ1) is 10.5. The van der Waals surface area contributed by atoms with Gasteiger partial charge in [0.25, 0.3) is 0 Å². The van der Waals surface area contributed by atoms with Crippen molar-refractivity contribution in [2.75, 3.05) is 13.7 Å². The number of hydrogen-bond donors (Lipinski definition) is 0. The van der Waals surface area contributed by atoms with Gasteiger partial charge in [-0.05, 0) is 26.0 Å². The molecular formula is C16H20O6. The van der Waals surface area contributed by atoms with E-state index in [1.807, 2.05) is 19.9 Å². The van der Waals surface area contributed by atoms with E-state index in [0.29, 0.717) is 12.2 Å². The van der Waals surface area contributed by atoms with E-state index in [2.05, 4.69) is 0 Å². The van der Waals surface area contributed by atoms with E-state index in [4.69, 9.17) is 23.7 Å². The van der Waals surface area contributed by atoms with Crippen LogP contribution in [0, 0.1) is 0 Å². The highest BCUT2D eigenvalue weighted by atomic mass is 16.8. The Labute approximate surface area is 129 Å². The van der Waals surface area contributed by atoms with Crippen molar-refractivity contribution in [2.24, 2.45) is 0 Å². The SMILES string of the molecule is COC(OC(=O)c1ccccc1)[C@@H]1OC[C@H]2OC(C)(C)O[C@H]21. The smallest absolute Gasteiger partial charge is 0.340 e. The summed E-state index contributed by atoms with van der Waals surface area (Å²) < 4.78 is 28.0. The molecule has 1 aromatic carbocycles. The maximum absolute atomic E-state index is 12.2. The number of fused-ring (bicyclic) bond motifs is 1. The summed E-state index contributed by atoms with van der Waals surface area (Å²) in [5.74, 6) is -1.13. The maximum atomic E-state index is 12.2. The van der Waals surface area contributed by atoms with Crippen molar-refractivity contribution in [3.8, 4) is 0 Å². The van der Waals surface area contributed by atoms with Crippen LogP contribution in [0.2, 0.25) is 0 Å². The first-order valence-electron chi connectivity index (χ1n) is 7.26. The molecule has 2 aliphatic heterocycles. The lowest BCUT2D eigenvalue weighted by molar-refractivity contribution is -0.214. The molecule has 4 atom stereocenters. The molecule has 2 aliphatic rings. The molecule has 0 N–H and O–H groups in total. The lowest BCUT2D eigenvalue weighted by atomic mass is 10.1. The van der Waals surface area contributed by atoms with Gasteiger partial charge in [0, 0.05) is 7.11 Å². The average molecular weight is 308 g/mol. The minimum Gasteiger partial charge on any atom is -0.429 e. The van der Waals surface area contributed by atoms with E-state index < -0.39 is 24.2 Å². The Morgan fingerprint density at radius 3 is 2.68 bits per heavy atom. The van der Waals surface area contributed by atoms with Crippen molar-refractivity contribution < 1.29 is 28.5 Å². The van der Waals surface area contributed by atoms with Crippen molar-refractivity contribution in [3.05, 3.63) is 35.9 Å². The fourth-order valence-electron chi connectivity index (χ4n) is 2.80. The number of methoxy groups -OCH3 is 1. The summed E-state index contributed by atoms with van der Waals surface area (Å²) in [6, 6.07) is 8.76. The van der Waals surface area contributed by atoms with E-state index in [1.54, 1.807) is 24.3 Å². The largest absolute Gasteiger partial charge is 0.429 e. The first-order valence-corrected chi connectivity index (χ1v) is 7.26. The zero-order chi connectivity index (χ0) is 15.7. The molecular weight excluding hydrogens is 288 g/mol. The molecule has 2 fully saturated rings. The molecule has 120 valence electrons. The highest BCUT2D eigenvalue weighted by Gasteiger charge is 2.53. The van der Waals surface area contributed by atoms with Crippen LogP contribution in [-0.4, -0.2) is 50.1 Å². The van der Waals surface area contributed by atoms with E-state index in [0.717, 1.165) is 0 Å². The third-order valence-electron chi connectivity index (χ3n) is 3.73. The van der Waals surface area contributed by atoms with Gasteiger partial charge in [0.2, 0.25) is 6.29 Å². The molecule has 1 unspecified atom stereocenters. The molecule has 3 rings (SSSR count). The van der Waals surface area contributed by atoms with Crippen LogP contribution in [0.4, 0.5) is 0 Å². The number of esters is 1. The number of carbonyl (C=O) groups is 1. The standard InChI is InChI=1S/C16H20O6/c1-16(2)21-11-9-19-13(12(11)22-16)15(18-3)20-14(17)10-7-5-4-6-8-10/h4-8,11-13,15H,9H2,1-3H3/t11-,12-,13-,15?/m1/s1. The molecule has 0 aliphatic carbocycles. The van der Waals surface area contributed by atoms with Crippen molar-refractivity contribution in [1.29, 1.82) is 0 Å². The van der Waals surface area contributed by atoms with Gasteiger partial charge < -0.3 is 23.7 Å². The average Bonchev–Trinajstić information content (AvgIpc) is 3.00. The van der Waals surface area contributed by atoms with Crippen LogP contribution in [0.5, 0.6) is 0 Å². The van der Waals surface area contributed by atoms with Crippen LogP contribution >= 0.6 is 0 Å². The first kappa shape index (κ1) is 15.4. The summed E-state index contributed by atoms with van der Waals surface area (Å²) >= 11 is 0. The molecule has 0 aromatic heterocycles. The molecule has 0 radical (unpaired) electrons. The molecule has 6 nitrogen and oxygen atoms in total. The predicted molar refractivity (Wildman–Crippen MR) is 76.2 cm³/mol. The second kappa shape index (κ2) is 5.96. The van der Waals surface area contributed by atoms with Gasteiger partial charge in [-0.1, -0.05) is 18.2 Å². The van der Waals surface area contributed by atoms with Crippen molar-refractivity contribution in [2.45, 2.75) is 44.2 Å². The minimum absolute atomic E-state index is 0.173. The Morgan fingerprint density at radius 2 is 2.00 bits per heavy atom. The quantitative estimate of drug-likeness (QED) is 0.623. The summed E-state index contributed by atoms with van der Waals surface area (Å²) in [5.41, 5.74) is 0.461. The van der Waals surface area contributed by atoms with Crippen LogP contribution in [0.15, 0.2) is 30.3 Å². The van der Waals surface area contributed by atoms with Gasteiger partial charge >= 0.3 is 5.97 Å². The van der Waals surface area contributed by atoms with Gasteiger partial charge in [0.1, 0.15) is 18.3 Å². The minimum atomic E-state index is -0.847. The molecule has 0 amide bonds. The normalized spacial score (nSPS) is 30.8. The van der Waals surface area contributed by atoms with Crippen molar-refractivity contribution >= 4 is 5.97 Å². The van der Waals surface area contributed by atoms with Gasteiger partial charge in [-0.3, -0.25) is 0 Å². The second-order valence-corrected chi connectivity index (χ2v) is 5.81. The van der Waals surface area contributed by atoms with Crippen LogP contribution in [0.3, 0.4) is 0 Å². The van der Waals surface area contributed by atoms with E-state index in [-0.39, 0.29) is 12.2 Å². The molecule has 2 saturated heterocycles. The highest BCUT2D eigenvalue weighted by molar-refractivity contribution is 5.89. The molecule has 0 bridgehead atoms. The summed E-state index contributed by atoms with van der Waals surface area (Å²) in [4.78, 5) is 12.2. The number of hydrogen-bond acceptors (Lipinski definition) is 6. The monoisotopic (exact) mass is 308 g/mol. The van der Waals surface area contributed by atoms with Crippen LogP contribution in [0.25, 0.3) is 0 Å². The zero-order valence-corrected chi connectivity index (χ0v) is 12.9. The highest BCUT2D eigenvalue weighted by Crippen LogP contribution is 2.37. The number of benzene rings is 1. The van der Waals surface area contributed by atoms with Gasteiger partial charge in [-0.2, -0.15) is 0 Å². The van der Waals surface area contributed by atoms with Crippen LogP contribution in [-0.2, 0) is 23.7 Å². The topological polar surface area (TPSA) is 63.2 Å². The molecule has 0 spiro atoms. The van der Waals surface area contributed by atoms with Gasteiger partial charge in [0.05, 0.1) is 12.2 Å². The summed E-state index contributed by atoms with van der Waals surface area (Å²) in [6.07, 6.45) is -1.85. The predicted octanol–water partition coefficient (Wildman–Crippen LogP) is 1.73. The Bertz CT molecular complexity index is 529. The van der Waals surface area contributed by atoms with Crippen LogP contribution < -0.4 is 0 Å². The third-order valence-corrected chi connectivity index (χ3v) is 3.73. The Balaban J connectivity index is 1.68. The van der Waals surface area contributed by atoms with E-state index in [1.165, 1.54) is 7.11 Å². The number of carbonyl (C=O) groups excluding carboxylic acids is 1. The van der Waals surface area contributed by atoms with Gasteiger partial charge in [-0.25, -0.2) is 4.79 Å². The van der Waals surface area contributed by atoms with E-state index >= 15 is 0 Å². The Morgan fingerprint density at radius 1 is 1.27 bits per heavy atom. The Kier molecular flexibility index (Phi) is 4.18. The molecule has 1 aromatic rings. The van der Waals surface area contributed by atoms with Crippen LogP contribution in [0.1, 0.15) is 24.2 Å². The fourth-order valence-corrected chi connectivity index (χ4v) is 2.80. The summed E-state index contributed by atoms with van der Waals surface area (Å²) in [6.45, 7) is 4.09. The Hall–Kier alpha value is -1.47. The molecule has 6 heteroatoms. The second-order valence-electron chi connectivity index (χ2n) is 5.81. The zero-order valence-electron chi connectivity index (χ0n) is 12.9. The summed E-state index contributed by atoms with van der Waals surface area (Å²) in [5, 5.41) is 0. The lowest BCUT2D eigenvalue weighted by Crippen LogP contribution is -2.42. The third kappa shape index (κ3) is 3.01. The molecule has 0 saturated carbocycles. The van der Waals surface area contributed by atoms with E-state index in [9.17, 15) is 4.79 Å². The van der Waals surface area contributed by atoms with Gasteiger partial charge in [-0.15, -0.1) is 0 Å². The van der Waals surface area contributed by atoms with Crippen molar-refractivity contribution in [1.82, 2.24) is 0 Å². The fraction of sp³-hybridized carbons (Fsp3) is 0.562.